The first-order valence-corrected chi connectivity index (χ1v) is 7.04. The highest BCUT2D eigenvalue weighted by molar-refractivity contribution is 5.76. The minimum absolute atomic E-state index is 0.511. The van der Waals surface area contributed by atoms with E-state index in [4.69, 9.17) is 9.47 Å². The minimum atomic E-state index is -0.799. The Labute approximate surface area is 118 Å². The molecule has 3 rings (SSSR count). The molecule has 1 atom stereocenters. The lowest BCUT2D eigenvalue weighted by Gasteiger charge is -2.27. The highest BCUT2D eigenvalue weighted by Gasteiger charge is 2.31. The van der Waals surface area contributed by atoms with Gasteiger partial charge in [0.1, 0.15) is 19.3 Å². The normalized spacial score (nSPS) is 19.9. The molecule has 2 aliphatic heterocycles. The van der Waals surface area contributed by atoms with Gasteiger partial charge >= 0.3 is 5.97 Å². The van der Waals surface area contributed by atoms with Crippen LogP contribution in [-0.2, 0) is 4.79 Å². The molecule has 1 aromatic carbocycles. The number of likely N-dealkylation sites (tertiary alicyclic amines) is 1. The van der Waals surface area contributed by atoms with Crippen LogP contribution in [0, 0.1) is 6.92 Å². The number of nitrogens with zero attached hydrogens (tertiary/aromatic N) is 1. The van der Waals surface area contributed by atoms with Crippen molar-refractivity contribution in [3.05, 3.63) is 23.3 Å². The highest BCUT2D eigenvalue weighted by atomic mass is 16.6. The lowest BCUT2D eigenvalue weighted by atomic mass is 9.99. The third-order valence-electron chi connectivity index (χ3n) is 3.97. The van der Waals surface area contributed by atoms with Gasteiger partial charge in [0.15, 0.2) is 11.5 Å². The standard InChI is InChI=1S/C15H19NO4/c1-10-8-12-13(20-7-6-19-12)9-11(10)14(15(17)18)16-4-2-3-5-16/h8-9,14H,2-7H2,1H3,(H,17,18). The number of fused-ring (bicyclic) bond motifs is 1. The van der Waals surface area contributed by atoms with Crippen molar-refractivity contribution in [2.24, 2.45) is 0 Å². The summed E-state index contributed by atoms with van der Waals surface area (Å²) in [6.07, 6.45) is 2.13. The van der Waals surface area contributed by atoms with Gasteiger partial charge in [0.05, 0.1) is 0 Å². The molecule has 0 saturated carbocycles. The van der Waals surface area contributed by atoms with Crippen molar-refractivity contribution in [3.8, 4) is 11.5 Å². The average molecular weight is 277 g/mol. The van der Waals surface area contributed by atoms with Crippen LogP contribution in [0.25, 0.3) is 0 Å². The molecule has 1 fully saturated rings. The van der Waals surface area contributed by atoms with E-state index in [2.05, 4.69) is 0 Å². The molecule has 1 aromatic rings. The zero-order valence-corrected chi connectivity index (χ0v) is 11.6. The number of carbonyl (C=O) groups is 1. The van der Waals surface area contributed by atoms with Crippen molar-refractivity contribution in [1.29, 1.82) is 0 Å². The Balaban J connectivity index is 1.99. The van der Waals surface area contributed by atoms with E-state index in [1.54, 1.807) is 0 Å². The molecule has 1 saturated heterocycles. The molecular formula is C15H19NO4. The summed E-state index contributed by atoms with van der Waals surface area (Å²) in [5.41, 5.74) is 1.75. The van der Waals surface area contributed by atoms with Gasteiger partial charge in [0.2, 0.25) is 0 Å². The number of carboxylic acid groups (broad SMARTS) is 1. The zero-order valence-electron chi connectivity index (χ0n) is 11.6. The molecular weight excluding hydrogens is 258 g/mol. The Bertz CT molecular complexity index is 523. The summed E-state index contributed by atoms with van der Waals surface area (Å²) in [7, 11) is 0. The Morgan fingerprint density at radius 3 is 2.40 bits per heavy atom. The molecule has 0 radical (unpaired) electrons. The summed E-state index contributed by atoms with van der Waals surface area (Å²) in [6, 6.07) is 3.13. The van der Waals surface area contributed by atoms with Crippen LogP contribution in [0.5, 0.6) is 11.5 Å². The maximum absolute atomic E-state index is 11.7. The third-order valence-corrected chi connectivity index (χ3v) is 3.97. The van der Waals surface area contributed by atoms with Crippen LogP contribution in [0.3, 0.4) is 0 Å². The second kappa shape index (κ2) is 5.32. The van der Waals surface area contributed by atoms with Gasteiger partial charge in [0.25, 0.3) is 0 Å². The van der Waals surface area contributed by atoms with Crippen LogP contribution >= 0.6 is 0 Å². The predicted molar refractivity (Wildman–Crippen MR) is 73.4 cm³/mol. The summed E-state index contributed by atoms with van der Waals surface area (Å²) in [5, 5.41) is 9.60. The molecule has 0 spiro atoms. The number of rotatable bonds is 3. The fourth-order valence-corrected chi connectivity index (χ4v) is 2.99. The van der Waals surface area contributed by atoms with Gasteiger partial charge in [-0.1, -0.05) is 0 Å². The fraction of sp³-hybridized carbons (Fsp3) is 0.533. The smallest absolute Gasteiger partial charge is 0.325 e. The van der Waals surface area contributed by atoms with Gasteiger partial charge in [-0.05, 0) is 56.1 Å². The Morgan fingerprint density at radius 2 is 1.80 bits per heavy atom. The quantitative estimate of drug-likeness (QED) is 0.915. The number of benzene rings is 1. The molecule has 108 valence electrons. The molecule has 2 heterocycles. The lowest BCUT2D eigenvalue weighted by Crippen LogP contribution is -2.32. The molecule has 0 amide bonds. The van der Waals surface area contributed by atoms with Crippen LogP contribution in [0.1, 0.15) is 30.0 Å². The first-order chi connectivity index (χ1) is 9.66. The Hall–Kier alpha value is -1.75. The molecule has 0 aliphatic carbocycles. The maximum Gasteiger partial charge on any atom is 0.325 e. The van der Waals surface area contributed by atoms with Gasteiger partial charge in [-0.3, -0.25) is 9.69 Å². The highest BCUT2D eigenvalue weighted by Crippen LogP contribution is 2.37. The number of hydrogen-bond acceptors (Lipinski definition) is 4. The average Bonchev–Trinajstić information content (AvgIpc) is 2.93. The van der Waals surface area contributed by atoms with Gasteiger partial charge < -0.3 is 14.6 Å². The Kier molecular flexibility index (Phi) is 3.53. The Morgan fingerprint density at radius 1 is 1.20 bits per heavy atom. The van der Waals surface area contributed by atoms with E-state index in [1.807, 2.05) is 24.0 Å². The minimum Gasteiger partial charge on any atom is -0.486 e. The SMILES string of the molecule is Cc1cc2c(cc1C(C(=O)O)N1CCCC1)OCCO2. The predicted octanol–water partition coefficient (Wildman–Crippen LogP) is 1.99. The summed E-state index contributed by atoms with van der Waals surface area (Å²) >= 11 is 0. The van der Waals surface area contributed by atoms with Crippen molar-refractivity contribution in [3.63, 3.8) is 0 Å². The number of ether oxygens (including phenoxy) is 2. The third kappa shape index (κ3) is 2.33. The summed E-state index contributed by atoms with van der Waals surface area (Å²) in [6.45, 7) is 4.66. The first-order valence-electron chi connectivity index (χ1n) is 7.04. The van der Waals surface area contributed by atoms with E-state index < -0.39 is 12.0 Å². The van der Waals surface area contributed by atoms with Crippen LogP contribution in [0.15, 0.2) is 12.1 Å². The lowest BCUT2D eigenvalue weighted by molar-refractivity contribution is -0.143. The van der Waals surface area contributed by atoms with Crippen LogP contribution in [0.2, 0.25) is 0 Å². The second-order valence-corrected chi connectivity index (χ2v) is 5.34. The fourth-order valence-electron chi connectivity index (χ4n) is 2.99. The van der Waals surface area contributed by atoms with E-state index >= 15 is 0 Å². The van der Waals surface area contributed by atoms with Crippen molar-refractivity contribution < 1.29 is 19.4 Å². The number of aryl methyl sites for hydroxylation is 1. The van der Waals surface area contributed by atoms with Crippen LogP contribution in [-0.4, -0.2) is 42.3 Å². The molecule has 1 N–H and O–H groups in total. The van der Waals surface area contributed by atoms with Gasteiger partial charge in [-0.25, -0.2) is 0 Å². The topological polar surface area (TPSA) is 59.0 Å². The van der Waals surface area contributed by atoms with E-state index in [9.17, 15) is 9.90 Å². The number of hydrogen-bond donors (Lipinski definition) is 1. The molecule has 2 aliphatic rings. The first kappa shape index (κ1) is 13.2. The second-order valence-electron chi connectivity index (χ2n) is 5.34. The van der Waals surface area contributed by atoms with Crippen molar-refractivity contribution in [2.45, 2.75) is 25.8 Å². The van der Waals surface area contributed by atoms with Gasteiger partial charge in [-0.15, -0.1) is 0 Å². The zero-order chi connectivity index (χ0) is 14.1. The summed E-state index contributed by atoms with van der Waals surface area (Å²) in [5.74, 6) is 0.567. The van der Waals surface area contributed by atoms with E-state index in [0.29, 0.717) is 24.7 Å². The van der Waals surface area contributed by atoms with E-state index in [1.165, 1.54) is 0 Å². The molecule has 20 heavy (non-hydrogen) atoms. The van der Waals surface area contributed by atoms with Crippen molar-refractivity contribution >= 4 is 5.97 Å². The monoisotopic (exact) mass is 277 g/mol. The van der Waals surface area contributed by atoms with E-state index in [-0.39, 0.29) is 0 Å². The molecule has 0 bridgehead atoms. The van der Waals surface area contributed by atoms with Crippen molar-refractivity contribution in [1.82, 2.24) is 4.90 Å². The molecule has 0 aromatic heterocycles. The summed E-state index contributed by atoms with van der Waals surface area (Å²) < 4.78 is 11.1. The van der Waals surface area contributed by atoms with Crippen molar-refractivity contribution in [2.75, 3.05) is 26.3 Å². The van der Waals surface area contributed by atoms with E-state index in [0.717, 1.165) is 37.1 Å². The largest absolute Gasteiger partial charge is 0.486 e. The van der Waals surface area contributed by atoms with Crippen LogP contribution < -0.4 is 9.47 Å². The number of aliphatic carboxylic acids is 1. The molecule has 5 nitrogen and oxygen atoms in total. The molecule has 1 unspecified atom stereocenters. The maximum atomic E-state index is 11.7. The summed E-state index contributed by atoms with van der Waals surface area (Å²) in [4.78, 5) is 13.7. The molecule has 5 heteroatoms. The van der Waals surface area contributed by atoms with Crippen LogP contribution in [0.4, 0.5) is 0 Å². The van der Waals surface area contributed by atoms with Gasteiger partial charge in [0, 0.05) is 0 Å². The van der Waals surface area contributed by atoms with Gasteiger partial charge in [-0.2, -0.15) is 0 Å². The number of carboxylic acids is 1.